The van der Waals surface area contributed by atoms with Gasteiger partial charge in [0.15, 0.2) is 5.65 Å². The molecule has 1 amide bonds. The van der Waals surface area contributed by atoms with Crippen molar-refractivity contribution in [2.75, 3.05) is 31.9 Å². The number of aliphatic hydroxyl groups excluding tert-OH is 1. The van der Waals surface area contributed by atoms with E-state index in [0.717, 1.165) is 0 Å². The summed E-state index contributed by atoms with van der Waals surface area (Å²) in [4.78, 5) is 25.8. The Morgan fingerprint density at radius 1 is 1.16 bits per heavy atom. The molecule has 4 heterocycles. The zero-order chi connectivity index (χ0) is 31.0. The van der Waals surface area contributed by atoms with Crippen molar-refractivity contribution < 1.29 is 19.0 Å². The minimum Gasteiger partial charge on any atom is -0.457 e. The molecular formula is C32H33FN8O3. The number of carbonyl (C=O) groups excluding carboxylic acids is 1. The number of aliphatic hydroxyl groups is 1. The highest BCUT2D eigenvalue weighted by atomic mass is 19.1. The summed E-state index contributed by atoms with van der Waals surface area (Å²) in [5.41, 5.74) is 6.71. The van der Waals surface area contributed by atoms with E-state index >= 15 is 4.39 Å². The van der Waals surface area contributed by atoms with Crippen molar-refractivity contribution in [3.8, 4) is 28.8 Å². The van der Waals surface area contributed by atoms with E-state index in [4.69, 9.17) is 15.6 Å². The summed E-state index contributed by atoms with van der Waals surface area (Å²) in [6.07, 6.45) is 3.98. The van der Waals surface area contributed by atoms with Gasteiger partial charge in [-0.05, 0) is 57.0 Å². The smallest absolute Gasteiger partial charge is 0.264 e. The first-order chi connectivity index (χ1) is 21.1. The van der Waals surface area contributed by atoms with E-state index in [1.165, 1.54) is 12.4 Å². The Labute approximate surface area is 254 Å². The second-order valence-corrected chi connectivity index (χ2v) is 11.7. The lowest BCUT2D eigenvalue weighted by atomic mass is 9.93. The average Bonchev–Trinajstić information content (AvgIpc) is 3.39. The molecule has 2 fully saturated rings. The van der Waals surface area contributed by atoms with Crippen LogP contribution in [-0.4, -0.2) is 78.4 Å². The summed E-state index contributed by atoms with van der Waals surface area (Å²) in [6, 6.07) is 15.4. The number of nitriles is 1. The highest BCUT2D eigenvalue weighted by Gasteiger charge is 2.37. The van der Waals surface area contributed by atoms with Gasteiger partial charge in [-0.2, -0.15) is 10.4 Å². The molecule has 2 aliphatic heterocycles. The van der Waals surface area contributed by atoms with Crippen molar-refractivity contribution in [2.24, 2.45) is 0 Å². The number of piperidine rings is 1. The van der Waals surface area contributed by atoms with Crippen LogP contribution in [0, 0.1) is 17.1 Å². The maximum Gasteiger partial charge on any atom is 0.264 e. The molecule has 2 aliphatic rings. The number of aromatic nitrogens is 4. The molecule has 2 aromatic heterocycles. The van der Waals surface area contributed by atoms with Crippen molar-refractivity contribution in [3.63, 3.8) is 0 Å². The molecule has 2 aromatic carbocycles. The number of halogens is 1. The van der Waals surface area contributed by atoms with E-state index < -0.39 is 17.5 Å². The fraction of sp³-hybridized carbons (Fsp3) is 0.344. The largest absolute Gasteiger partial charge is 0.457 e. The number of nitrogens with two attached hydrogens (primary N) is 1. The first-order valence-electron chi connectivity index (χ1n) is 14.5. The summed E-state index contributed by atoms with van der Waals surface area (Å²) in [5.74, 6) is 0.173. The SMILES string of the molecule is CC(C)(/C=C(\C#N)C(=O)N1CCC[C@@H](n2nc(-c3ccc(Oc4ccccc4)cc3F)c3c(N)ncnc32)C1)N1CC(O)C1. The molecule has 3 N–H and O–H groups in total. The Kier molecular flexibility index (Phi) is 7.75. The van der Waals surface area contributed by atoms with Crippen molar-refractivity contribution in [1.29, 1.82) is 5.26 Å². The highest BCUT2D eigenvalue weighted by molar-refractivity contribution is 5.99. The molecule has 0 unspecified atom stereocenters. The normalized spacial score (nSPS) is 18.2. The molecule has 6 rings (SSSR count). The molecule has 0 saturated carbocycles. The van der Waals surface area contributed by atoms with Gasteiger partial charge in [0.25, 0.3) is 5.91 Å². The number of rotatable bonds is 7. The summed E-state index contributed by atoms with van der Waals surface area (Å²) < 4.78 is 23.1. The van der Waals surface area contributed by atoms with E-state index in [1.54, 1.807) is 39.9 Å². The maximum atomic E-state index is 15.6. The number of nitrogens with zero attached hydrogens (tertiary/aromatic N) is 7. The number of hydrogen-bond donors (Lipinski definition) is 2. The van der Waals surface area contributed by atoms with Gasteiger partial charge >= 0.3 is 0 Å². The standard InChI is InChI=1S/C32H33FN8O3/c1-32(2,40-17-22(42)18-40)14-20(15-34)31(43)39-12-6-7-21(16-39)41-30-27(29(35)36-19-37-30)28(38-41)25-11-10-24(13-26(25)33)44-23-8-4-3-5-9-23/h3-5,8-11,13-14,19,21-22,42H,6-7,12,16-18H2,1-2H3,(H2,35,36,37)/b20-14+/t21-/m1/s1. The first-order valence-corrected chi connectivity index (χ1v) is 14.5. The van der Waals surface area contributed by atoms with Crippen molar-refractivity contribution in [1.82, 2.24) is 29.5 Å². The molecular weight excluding hydrogens is 563 g/mol. The number of anilines is 1. The number of fused-ring (bicyclic) bond motifs is 1. The van der Waals surface area contributed by atoms with Crippen LogP contribution < -0.4 is 10.5 Å². The van der Waals surface area contributed by atoms with Gasteiger partial charge in [0, 0.05) is 43.3 Å². The Bertz CT molecular complexity index is 1780. The zero-order valence-corrected chi connectivity index (χ0v) is 24.5. The fourth-order valence-corrected chi connectivity index (χ4v) is 5.84. The van der Waals surface area contributed by atoms with E-state index in [9.17, 15) is 15.2 Å². The van der Waals surface area contributed by atoms with Gasteiger partial charge in [0.05, 0.1) is 17.5 Å². The number of benzene rings is 2. The Morgan fingerprint density at radius 3 is 2.64 bits per heavy atom. The maximum absolute atomic E-state index is 15.6. The molecule has 44 heavy (non-hydrogen) atoms. The van der Waals surface area contributed by atoms with E-state index in [-0.39, 0.29) is 35.4 Å². The minimum atomic E-state index is -0.567. The Hall–Kier alpha value is -4.86. The van der Waals surface area contributed by atoms with Crippen LogP contribution in [-0.2, 0) is 4.79 Å². The molecule has 0 spiro atoms. The summed E-state index contributed by atoms with van der Waals surface area (Å²) in [7, 11) is 0. The summed E-state index contributed by atoms with van der Waals surface area (Å²) in [6.45, 7) is 5.59. The van der Waals surface area contributed by atoms with Crippen LogP contribution in [0.3, 0.4) is 0 Å². The lowest BCUT2D eigenvalue weighted by Crippen LogP contribution is -2.59. The van der Waals surface area contributed by atoms with Crippen LogP contribution in [0.15, 0.2) is 66.5 Å². The second kappa shape index (κ2) is 11.7. The van der Waals surface area contributed by atoms with Crippen LogP contribution in [0.25, 0.3) is 22.3 Å². The van der Waals surface area contributed by atoms with Gasteiger partial charge in [-0.1, -0.05) is 18.2 Å². The molecule has 2 saturated heterocycles. The van der Waals surface area contributed by atoms with Gasteiger partial charge in [-0.3, -0.25) is 9.69 Å². The molecule has 1 atom stereocenters. The topological polar surface area (TPSA) is 146 Å². The predicted octanol–water partition coefficient (Wildman–Crippen LogP) is 4.08. The van der Waals surface area contributed by atoms with Crippen molar-refractivity contribution in [3.05, 3.63) is 72.3 Å². The lowest BCUT2D eigenvalue weighted by Gasteiger charge is -2.46. The second-order valence-electron chi connectivity index (χ2n) is 11.7. The average molecular weight is 597 g/mol. The van der Waals surface area contributed by atoms with Crippen molar-refractivity contribution >= 4 is 22.8 Å². The molecule has 0 bridgehead atoms. The zero-order valence-electron chi connectivity index (χ0n) is 24.5. The van der Waals surface area contributed by atoms with Gasteiger partial charge in [0.2, 0.25) is 0 Å². The molecule has 0 aliphatic carbocycles. The number of ether oxygens (including phenoxy) is 1. The molecule has 4 aromatic rings. The van der Waals surface area contributed by atoms with Crippen LogP contribution in [0.1, 0.15) is 32.7 Å². The number of nitrogen functional groups attached to an aromatic ring is 1. The van der Waals surface area contributed by atoms with Crippen LogP contribution in [0.5, 0.6) is 11.5 Å². The number of likely N-dealkylation sites (tertiary alicyclic amines) is 2. The third-order valence-corrected chi connectivity index (χ3v) is 8.25. The molecule has 12 heteroatoms. The fourth-order valence-electron chi connectivity index (χ4n) is 5.84. The lowest BCUT2D eigenvalue weighted by molar-refractivity contribution is -0.128. The van der Waals surface area contributed by atoms with Gasteiger partial charge in [-0.25, -0.2) is 19.0 Å². The van der Waals surface area contributed by atoms with Crippen molar-refractivity contribution in [2.45, 2.75) is 44.4 Å². The molecule has 0 radical (unpaired) electrons. The van der Waals surface area contributed by atoms with Crippen LogP contribution in [0.2, 0.25) is 0 Å². The summed E-state index contributed by atoms with van der Waals surface area (Å²) in [5, 5.41) is 24.8. The molecule has 226 valence electrons. The van der Waals surface area contributed by atoms with E-state index in [0.29, 0.717) is 60.7 Å². The third kappa shape index (κ3) is 5.59. The van der Waals surface area contributed by atoms with Gasteiger partial charge in [-0.15, -0.1) is 0 Å². The quantitative estimate of drug-likeness (QED) is 0.238. The van der Waals surface area contributed by atoms with Gasteiger partial charge in [0.1, 0.15) is 46.8 Å². The monoisotopic (exact) mass is 596 g/mol. The number of hydrogen-bond acceptors (Lipinski definition) is 9. The Balaban J connectivity index is 1.29. The van der Waals surface area contributed by atoms with Gasteiger partial charge < -0.3 is 20.5 Å². The predicted molar refractivity (Wildman–Crippen MR) is 162 cm³/mol. The number of para-hydroxylation sites is 1. The minimum absolute atomic E-state index is 0.0505. The number of β-amino-alcohol motifs (C(OH)–C–C–N with tert-alkyl or cyclic N) is 1. The number of amides is 1. The van der Waals surface area contributed by atoms with E-state index in [1.807, 2.05) is 36.9 Å². The van der Waals surface area contributed by atoms with E-state index in [2.05, 4.69) is 16.0 Å². The third-order valence-electron chi connectivity index (χ3n) is 8.25. The van der Waals surface area contributed by atoms with Crippen LogP contribution >= 0.6 is 0 Å². The first kappa shape index (κ1) is 29.2. The Morgan fingerprint density at radius 2 is 1.93 bits per heavy atom. The van der Waals surface area contributed by atoms with Crippen LogP contribution in [0.4, 0.5) is 10.2 Å². The summed E-state index contributed by atoms with van der Waals surface area (Å²) >= 11 is 0. The number of carbonyl (C=O) groups is 1. The highest BCUT2D eigenvalue weighted by Crippen LogP contribution is 2.36. The molecule has 11 nitrogen and oxygen atoms in total.